The Labute approximate surface area is 222 Å². The van der Waals surface area contributed by atoms with Crippen molar-refractivity contribution in [1.29, 1.82) is 0 Å². The minimum Gasteiger partial charge on any atom is -0.504 e. The molecule has 0 unspecified atom stereocenters. The van der Waals surface area contributed by atoms with E-state index in [-0.39, 0.29) is 17.1 Å². The van der Waals surface area contributed by atoms with Crippen molar-refractivity contribution < 1.29 is 14.6 Å². The van der Waals surface area contributed by atoms with Gasteiger partial charge in [0.2, 0.25) is 5.75 Å². The fourth-order valence-corrected chi connectivity index (χ4v) is 4.68. The smallest absolute Gasteiger partial charge is 0.297 e. The van der Waals surface area contributed by atoms with Crippen LogP contribution in [0.5, 0.6) is 17.2 Å². The van der Waals surface area contributed by atoms with Gasteiger partial charge in [0.1, 0.15) is 12.4 Å². The van der Waals surface area contributed by atoms with Gasteiger partial charge < -0.3 is 19.1 Å². The normalized spacial score (nSPS) is 11.2. The average molecular weight is 508 g/mol. The molecule has 3 rings (SSSR count). The predicted octanol–water partition coefficient (Wildman–Crippen LogP) is 8.39. The summed E-state index contributed by atoms with van der Waals surface area (Å²) in [5, 5.41) is 11.6. The van der Waals surface area contributed by atoms with Crippen LogP contribution in [-0.2, 0) is 13.2 Å². The van der Waals surface area contributed by atoms with E-state index in [9.17, 15) is 9.90 Å². The highest BCUT2D eigenvalue weighted by atomic mass is 16.5. The van der Waals surface area contributed by atoms with Crippen LogP contribution in [0.3, 0.4) is 0 Å². The van der Waals surface area contributed by atoms with Crippen molar-refractivity contribution >= 4 is 10.9 Å². The first kappa shape index (κ1) is 28.6. The van der Waals surface area contributed by atoms with Crippen molar-refractivity contribution in [3.8, 4) is 17.2 Å². The van der Waals surface area contributed by atoms with E-state index in [1.807, 2.05) is 48.5 Å². The molecule has 5 heteroatoms. The number of rotatable bonds is 18. The van der Waals surface area contributed by atoms with Crippen LogP contribution in [0.4, 0.5) is 0 Å². The molecule has 0 aliphatic carbocycles. The Hall–Kier alpha value is -2.95. The van der Waals surface area contributed by atoms with Crippen molar-refractivity contribution in [3.63, 3.8) is 0 Å². The molecule has 2 aromatic carbocycles. The predicted molar refractivity (Wildman–Crippen MR) is 153 cm³/mol. The summed E-state index contributed by atoms with van der Waals surface area (Å²) in [5.74, 6) is 0.678. The van der Waals surface area contributed by atoms with Crippen LogP contribution >= 0.6 is 0 Å². The Morgan fingerprint density at radius 3 is 2.11 bits per heavy atom. The molecule has 0 fully saturated rings. The van der Waals surface area contributed by atoms with Crippen molar-refractivity contribution in [2.45, 2.75) is 104 Å². The third-order valence-corrected chi connectivity index (χ3v) is 6.90. The topological polar surface area (TPSA) is 60.7 Å². The minimum atomic E-state index is -0.259. The lowest BCUT2D eigenvalue weighted by atomic mass is 10.1. The van der Waals surface area contributed by atoms with Gasteiger partial charge in [-0.05, 0) is 30.5 Å². The van der Waals surface area contributed by atoms with Crippen LogP contribution in [0.2, 0.25) is 0 Å². The summed E-state index contributed by atoms with van der Waals surface area (Å²) in [6.45, 7) is 5.90. The summed E-state index contributed by atoms with van der Waals surface area (Å²) in [4.78, 5) is 13.5. The Morgan fingerprint density at radius 2 is 1.41 bits per heavy atom. The molecular weight excluding hydrogens is 462 g/mol. The Bertz CT molecular complexity index is 1120. The molecule has 0 bridgehead atoms. The van der Waals surface area contributed by atoms with Gasteiger partial charge in [0.05, 0.1) is 12.1 Å². The molecule has 0 atom stereocenters. The number of ether oxygens (including phenoxy) is 2. The molecule has 0 saturated heterocycles. The van der Waals surface area contributed by atoms with Crippen LogP contribution < -0.4 is 15.0 Å². The lowest BCUT2D eigenvalue weighted by Crippen LogP contribution is -2.23. The number of nitrogens with zero attached hydrogens (tertiary/aromatic N) is 1. The zero-order valence-electron chi connectivity index (χ0n) is 22.8. The summed E-state index contributed by atoms with van der Waals surface area (Å²) in [6.07, 6.45) is 13.7. The van der Waals surface area contributed by atoms with E-state index >= 15 is 0 Å². The van der Waals surface area contributed by atoms with Gasteiger partial charge in [-0.3, -0.25) is 4.79 Å². The molecule has 3 aromatic rings. The molecule has 0 amide bonds. The number of aryl methyl sites for hydroxylation is 1. The first-order chi connectivity index (χ1) is 18.2. The van der Waals surface area contributed by atoms with Gasteiger partial charge in [-0.1, -0.05) is 108 Å². The van der Waals surface area contributed by atoms with Crippen LogP contribution in [0.15, 0.2) is 53.3 Å². The van der Waals surface area contributed by atoms with E-state index in [4.69, 9.17) is 9.47 Å². The first-order valence-electron chi connectivity index (χ1n) is 14.3. The third kappa shape index (κ3) is 8.84. The van der Waals surface area contributed by atoms with E-state index in [0.29, 0.717) is 36.4 Å². The number of aromatic nitrogens is 1. The van der Waals surface area contributed by atoms with Crippen LogP contribution in [0.25, 0.3) is 10.9 Å². The number of aromatic hydroxyl groups is 1. The van der Waals surface area contributed by atoms with E-state index in [0.717, 1.165) is 31.2 Å². The Balaban J connectivity index is 1.78. The number of fused-ring (bicyclic) bond motifs is 1. The summed E-state index contributed by atoms with van der Waals surface area (Å²) in [6, 6.07) is 15.6. The summed E-state index contributed by atoms with van der Waals surface area (Å²) < 4.78 is 13.7. The Kier molecular flexibility index (Phi) is 12.4. The van der Waals surface area contributed by atoms with Crippen LogP contribution in [0.1, 0.15) is 96.5 Å². The molecule has 0 radical (unpaired) electrons. The fourth-order valence-electron chi connectivity index (χ4n) is 4.68. The highest BCUT2D eigenvalue weighted by molar-refractivity contribution is 5.88. The molecular formula is C32H45NO4. The van der Waals surface area contributed by atoms with Gasteiger partial charge in [0.25, 0.3) is 5.56 Å². The molecule has 0 aliphatic heterocycles. The van der Waals surface area contributed by atoms with Crippen LogP contribution in [0, 0.1) is 0 Å². The van der Waals surface area contributed by atoms with Gasteiger partial charge in [0, 0.05) is 18.0 Å². The lowest BCUT2D eigenvalue weighted by molar-refractivity contribution is 0.283. The number of hydrogen-bond acceptors (Lipinski definition) is 4. The van der Waals surface area contributed by atoms with E-state index in [2.05, 4.69) is 13.8 Å². The van der Waals surface area contributed by atoms with Gasteiger partial charge in [-0.2, -0.15) is 0 Å². The SMILES string of the molecule is CCCCCCCCOc1c(O)c2ccc(OCc3ccccc3)cc2n(CCCCCCCC)c1=O. The molecule has 1 heterocycles. The lowest BCUT2D eigenvalue weighted by Gasteiger charge is -2.17. The number of unbranched alkanes of at least 4 members (excludes halogenated alkanes) is 10. The number of hydrogen-bond donors (Lipinski definition) is 1. The second kappa shape index (κ2) is 16.0. The number of pyridine rings is 1. The number of benzene rings is 2. The van der Waals surface area contributed by atoms with Crippen molar-refractivity contribution in [1.82, 2.24) is 4.57 Å². The summed E-state index contributed by atoms with van der Waals surface area (Å²) in [7, 11) is 0. The Morgan fingerprint density at radius 1 is 0.757 bits per heavy atom. The average Bonchev–Trinajstić information content (AvgIpc) is 2.92. The second-order valence-corrected chi connectivity index (χ2v) is 9.97. The monoisotopic (exact) mass is 507 g/mol. The standard InChI is InChI=1S/C32H45NO4/c1-3-5-7-9-11-16-22-33-29-24-27(37-25-26-18-14-13-15-19-26)20-21-28(29)30(34)31(32(33)35)36-23-17-12-10-8-6-4-2/h13-15,18-21,24,34H,3-12,16-17,22-23,25H2,1-2H3. The largest absolute Gasteiger partial charge is 0.504 e. The molecule has 0 spiro atoms. The van der Waals surface area contributed by atoms with Crippen molar-refractivity contribution in [2.24, 2.45) is 0 Å². The van der Waals surface area contributed by atoms with Crippen molar-refractivity contribution in [3.05, 3.63) is 64.4 Å². The molecule has 5 nitrogen and oxygen atoms in total. The minimum absolute atomic E-state index is 0.0696. The molecule has 37 heavy (non-hydrogen) atoms. The summed E-state index contributed by atoms with van der Waals surface area (Å²) in [5.41, 5.74) is 1.51. The fraction of sp³-hybridized carbons (Fsp3) is 0.531. The quantitative estimate of drug-likeness (QED) is 0.176. The maximum Gasteiger partial charge on any atom is 0.297 e. The third-order valence-electron chi connectivity index (χ3n) is 6.90. The molecule has 1 aromatic heterocycles. The first-order valence-corrected chi connectivity index (χ1v) is 14.3. The van der Waals surface area contributed by atoms with Gasteiger partial charge in [-0.25, -0.2) is 0 Å². The van der Waals surface area contributed by atoms with Gasteiger partial charge in [0.15, 0.2) is 5.75 Å². The van der Waals surface area contributed by atoms with E-state index in [1.165, 1.54) is 51.4 Å². The molecule has 0 aliphatic rings. The highest BCUT2D eigenvalue weighted by Gasteiger charge is 2.18. The van der Waals surface area contributed by atoms with Crippen molar-refractivity contribution in [2.75, 3.05) is 6.61 Å². The molecule has 0 saturated carbocycles. The highest BCUT2D eigenvalue weighted by Crippen LogP contribution is 2.34. The van der Waals surface area contributed by atoms with Gasteiger partial charge >= 0.3 is 0 Å². The maximum atomic E-state index is 13.5. The summed E-state index contributed by atoms with van der Waals surface area (Å²) >= 11 is 0. The van der Waals surface area contributed by atoms with Gasteiger partial charge in [-0.15, -0.1) is 0 Å². The zero-order chi connectivity index (χ0) is 26.3. The molecule has 202 valence electrons. The zero-order valence-corrected chi connectivity index (χ0v) is 22.8. The second-order valence-electron chi connectivity index (χ2n) is 9.97. The van der Waals surface area contributed by atoms with Crippen LogP contribution in [-0.4, -0.2) is 16.3 Å². The molecule has 1 N–H and O–H groups in total. The maximum absolute atomic E-state index is 13.5. The van der Waals surface area contributed by atoms with E-state index in [1.54, 1.807) is 4.57 Å². The van der Waals surface area contributed by atoms with E-state index < -0.39 is 0 Å².